The fraction of sp³-hybridized carbons (Fsp3) is 0.591. The number of piperazine rings is 1. The molecule has 3 rings (SSSR count). The van der Waals surface area contributed by atoms with Gasteiger partial charge in [-0.3, -0.25) is 14.5 Å². The summed E-state index contributed by atoms with van der Waals surface area (Å²) in [5, 5.41) is 14.3. The second-order valence-corrected chi connectivity index (χ2v) is 7.76. The van der Waals surface area contributed by atoms with Crippen molar-refractivity contribution in [3.8, 4) is 0 Å². The second-order valence-electron chi connectivity index (χ2n) is 7.76. The predicted octanol–water partition coefficient (Wildman–Crippen LogP) is 2.90. The largest absolute Gasteiger partial charge is 0.396 e. The summed E-state index contributed by atoms with van der Waals surface area (Å²) in [5.74, 6) is 0. The van der Waals surface area contributed by atoms with Gasteiger partial charge in [0.1, 0.15) is 0 Å². The van der Waals surface area contributed by atoms with Crippen LogP contribution in [0.3, 0.4) is 0 Å². The molecular weight excluding hydrogens is 336 g/mol. The van der Waals surface area contributed by atoms with E-state index in [-0.39, 0.29) is 6.61 Å². The first-order valence-electron chi connectivity index (χ1n) is 10.2. The van der Waals surface area contributed by atoms with Crippen molar-refractivity contribution in [2.45, 2.75) is 59.8 Å². The minimum Gasteiger partial charge on any atom is -0.396 e. The van der Waals surface area contributed by atoms with Gasteiger partial charge in [0.05, 0.1) is 5.69 Å². The van der Waals surface area contributed by atoms with E-state index in [4.69, 9.17) is 0 Å². The summed E-state index contributed by atoms with van der Waals surface area (Å²) in [6, 6.07) is 9.03. The molecule has 1 atom stereocenters. The van der Waals surface area contributed by atoms with Crippen LogP contribution in [0.1, 0.15) is 41.4 Å². The monoisotopic (exact) mass is 370 g/mol. The lowest BCUT2D eigenvalue weighted by Gasteiger charge is -2.41. The quantitative estimate of drug-likeness (QED) is 0.814. The van der Waals surface area contributed by atoms with Gasteiger partial charge in [0.2, 0.25) is 0 Å². The highest BCUT2D eigenvalue weighted by atomic mass is 16.3. The topological polar surface area (TPSA) is 44.5 Å². The van der Waals surface area contributed by atoms with Crippen LogP contribution in [0.25, 0.3) is 0 Å². The molecule has 1 saturated heterocycles. The third kappa shape index (κ3) is 4.60. The van der Waals surface area contributed by atoms with Crippen molar-refractivity contribution in [2.75, 3.05) is 26.2 Å². The fourth-order valence-electron chi connectivity index (χ4n) is 4.23. The summed E-state index contributed by atoms with van der Waals surface area (Å²) < 4.78 is 2.10. The summed E-state index contributed by atoms with van der Waals surface area (Å²) in [4.78, 5) is 5.08. The first-order chi connectivity index (χ1) is 13.0. The number of rotatable bonds is 7. The zero-order valence-electron chi connectivity index (χ0n) is 17.3. The first-order valence-corrected chi connectivity index (χ1v) is 10.2. The highest BCUT2D eigenvalue weighted by Crippen LogP contribution is 2.22. The smallest absolute Gasteiger partial charge is 0.0641 e. The molecule has 1 aliphatic rings. The Morgan fingerprint density at radius 1 is 1.11 bits per heavy atom. The van der Waals surface area contributed by atoms with E-state index < -0.39 is 0 Å². The van der Waals surface area contributed by atoms with Gasteiger partial charge in [-0.2, -0.15) is 5.10 Å². The van der Waals surface area contributed by atoms with Crippen LogP contribution >= 0.6 is 0 Å². The van der Waals surface area contributed by atoms with Gasteiger partial charge in [0.25, 0.3) is 0 Å². The van der Waals surface area contributed by atoms with Gasteiger partial charge in [-0.05, 0) is 45.2 Å². The average Bonchev–Trinajstić information content (AvgIpc) is 2.93. The zero-order chi connectivity index (χ0) is 19.4. The lowest BCUT2D eigenvalue weighted by atomic mass is 10.0. The van der Waals surface area contributed by atoms with Crippen molar-refractivity contribution in [2.24, 2.45) is 0 Å². The Kier molecular flexibility index (Phi) is 6.68. The van der Waals surface area contributed by atoms with E-state index in [1.54, 1.807) is 0 Å². The molecule has 0 radical (unpaired) electrons. The summed E-state index contributed by atoms with van der Waals surface area (Å²) in [7, 11) is 0. The van der Waals surface area contributed by atoms with Gasteiger partial charge in [0, 0.05) is 63.2 Å². The van der Waals surface area contributed by atoms with Crippen LogP contribution in [0.2, 0.25) is 0 Å². The van der Waals surface area contributed by atoms with Crippen molar-refractivity contribution >= 4 is 0 Å². The zero-order valence-corrected chi connectivity index (χ0v) is 17.3. The van der Waals surface area contributed by atoms with Crippen LogP contribution in [0.5, 0.6) is 0 Å². The molecule has 0 bridgehead atoms. The van der Waals surface area contributed by atoms with Crippen molar-refractivity contribution in [1.82, 2.24) is 19.6 Å². The van der Waals surface area contributed by atoms with Crippen LogP contribution in [0.4, 0.5) is 0 Å². The number of aliphatic hydroxyl groups is 1. The third-order valence-electron chi connectivity index (χ3n) is 6.00. The van der Waals surface area contributed by atoms with Gasteiger partial charge in [0.15, 0.2) is 0 Å². The van der Waals surface area contributed by atoms with Crippen LogP contribution in [0.15, 0.2) is 24.3 Å². The standard InChI is InChI=1S/C22H34N4O/c1-5-26-19(4)22(18(3)23-26)16-24-11-12-25(21(15-24)10-13-27)14-20-9-7-6-8-17(20)2/h6-9,21,27H,5,10-16H2,1-4H3/t21-/m1/s1. The number of hydrogen-bond donors (Lipinski definition) is 1. The first kappa shape index (κ1) is 20.1. The van der Waals surface area contributed by atoms with Gasteiger partial charge < -0.3 is 5.11 Å². The summed E-state index contributed by atoms with van der Waals surface area (Å²) in [5.41, 5.74) is 6.55. The SMILES string of the molecule is CCn1nc(C)c(CN2CCN(Cc3ccccc3C)[C@H](CCO)C2)c1C. The van der Waals surface area contributed by atoms with E-state index in [0.717, 1.165) is 51.4 Å². The number of aryl methyl sites for hydroxylation is 3. The predicted molar refractivity (Wildman–Crippen MR) is 110 cm³/mol. The maximum absolute atomic E-state index is 9.60. The molecule has 5 nitrogen and oxygen atoms in total. The normalized spacial score (nSPS) is 18.9. The Morgan fingerprint density at radius 3 is 2.56 bits per heavy atom. The van der Waals surface area contributed by atoms with Gasteiger partial charge in [-0.1, -0.05) is 24.3 Å². The lowest BCUT2D eigenvalue weighted by molar-refractivity contribution is 0.0497. The van der Waals surface area contributed by atoms with E-state index in [1.807, 2.05) is 0 Å². The molecule has 148 valence electrons. The van der Waals surface area contributed by atoms with Crippen LogP contribution in [-0.4, -0.2) is 57.0 Å². The Morgan fingerprint density at radius 2 is 1.89 bits per heavy atom. The molecule has 5 heteroatoms. The number of aromatic nitrogens is 2. The van der Waals surface area contributed by atoms with E-state index in [1.165, 1.54) is 22.4 Å². The molecule has 2 aromatic rings. The fourth-order valence-corrected chi connectivity index (χ4v) is 4.23. The number of benzene rings is 1. The number of nitrogens with zero attached hydrogens (tertiary/aromatic N) is 4. The molecule has 0 amide bonds. The summed E-state index contributed by atoms with van der Waals surface area (Å²) in [6.45, 7) is 14.8. The highest BCUT2D eigenvalue weighted by Gasteiger charge is 2.28. The Labute approximate surface area is 163 Å². The molecule has 1 aromatic carbocycles. The molecule has 0 aliphatic carbocycles. The van der Waals surface area contributed by atoms with Gasteiger partial charge in [-0.15, -0.1) is 0 Å². The van der Waals surface area contributed by atoms with E-state index in [9.17, 15) is 5.11 Å². The van der Waals surface area contributed by atoms with Gasteiger partial charge >= 0.3 is 0 Å². The van der Waals surface area contributed by atoms with E-state index in [2.05, 4.69) is 71.5 Å². The van der Waals surface area contributed by atoms with E-state index >= 15 is 0 Å². The van der Waals surface area contributed by atoms with Crippen molar-refractivity contribution in [3.63, 3.8) is 0 Å². The second kappa shape index (κ2) is 9.00. The third-order valence-corrected chi connectivity index (χ3v) is 6.00. The Hall–Kier alpha value is -1.69. The minimum atomic E-state index is 0.245. The molecular formula is C22H34N4O. The number of hydrogen-bond acceptors (Lipinski definition) is 4. The van der Waals surface area contributed by atoms with E-state index in [0.29, 0.717) is 6.04 Å². The number of aliphatic hydroxyl groups excluding tert-OH is 1. The Balaban J connectivity index is 1.69. The Bertz CT molecular complexity index is 755. The summed E-state index contributed by atoms with van der Waals surface area (Å²) >= 11 is 0. The summed E-state index contributed by atoms with van der Waals surface area (Å²) in [6.07, 6.45) is 0.828. The lowest BCUT2D eigenvalue weighted by Crippen LogP contribution is -2.52. The van der Waals surface area contributed by atoms with Crippen LogP contribution in [0, 0.1) is 20.8 Å². The molecule has 0 unspecified atom stereocenters. The van der Waals surface area contributed by atoms with Crippen molar-refractivity contribution < 1.29 is 5.11 Å². The molecule has 0 spiro atoms. The van der Waals surface area contributed by atoms with Crippen molar-refractivity contribution in [1.29, 1.82) is 0 Å². The molecule has 1 N–H and O–H groups in total. The molecule has 1 aliphatic heterocycles. The minimum absolute atomic E-state index is 0.245. The maximum atomic E-state index is 9.60. The molecule has 27 heavy (non-hydrogen) atoms. The molecule has 0 saturated carbocycles. The maximum Gasteiger partial charge on any atom is 0.0641 e. The van der Waals surface area contributed by atoms with Gasteiger partial charge in [-0.25, -0.2) is 0 Å². The average molecular weight is 371 g/mol. The van der Waals surface area contributed by atoms with Crippen LogP contribution in [-0.2, 0) is 19.6 Å². The van der Waals surface area contributed by atoms with Crippen LogP contribution < -0.4 is 0 Å². The molecule has 1 aromatic heterocycles. The highest BCUT2D eigenvalue weighted by molar-refractivity contribution is 5.26. The van der Waals surface area contributed by atoms with Crippen molar-refractivity contribution in [3.05, 3.63) is 52.3 Å². The molecule has 1 fully saturated rings. The molecule has 2 heterocycles.